The van der Waals surface area contributed by atoms with Gasteiger partial charge in [-0.25, -0.2) is 0 Å². The molecule has 1 aromatic heterocycles. The first-order valence-corrected chi connectivity index (χ1v) is 4.37. The van der Waals surface area contributed by atoms with Crippen molar-refractivity contribution < 1.29 is 4.42 Å². The summed E-state index contributed by atoms with van der Waals surface area (Å²) in [6.45, 7) is 1.97. The van der Waals surface area contributed by atoms with Crippen molar-refractivity contribution in [1.82, 2.24) is 5.32 Å². The van der Waals surface area contributed by atoms with Gasteiger partial charge < -0.3 is 15.5 Å². The smallest absolute Gasteiger partial charge is 0.109 e. The van der Waals surface area contributed by atoms with E-state index in [1.165, 1.54) is 0 Å². The van der Waals surface area contributed by atoms with Crippen molar-refractivity contribution in [1.29, 1.82) is 0 Å². The molecule has 1 aliphatic rings. The molecule has 0 spiro atoms. The number of nitrogens with one attached hydrogen (secondary N) is 1. The van der Waals surface area contributed by atoms with Crippen LogP contribution in [0.25, 0.3) is 0 Å². The molecule has 2 atom stereocenters. The van der Waals surface area contributed by atoms with E-state index in [-0.39, 0.29) is 6.04 Å². The lowest BCUT2D eigenvalue weighted by Gasteiger charge is -2.27. The third-order valence-electron chi connectivity index (χ3n) is 2.44. The molecule has 66 valence electrons. The molecule has 3 heteroatoms. The molecule has 0 aliphatic carbocycles. The molecule has 12 heavy (non-hydrogen) atoms. The van der Waals surface area contributed by atoms with Crippen molar-refractivity contribution in [2.24, 2.45) is 5.73 Å². The molecule has 0 aromatic carbocycles. The minimum absolute atomic E-state index is 0.248. The van der Waals surface area contributed by atoms with Crippen molar-refractivity contribution in [2.75, 3.05) is 13.1 Å². The zero-order valence-corrected chi connectivity index (χ0v) is 6.99. The Morgan fingerprint density at radius 1 is 1.58 bits per heavy atom. The number of nitrogens with two attached hydrogens (primary N) is 1. The Balaban J connectivity index is 2.11. The minimum Gasteiger partial charge on any atom is -0.469 e. The summed E-state index contributed by atoms with van der Waals surface area (Å²) in [4.78, 5) is 0. The molecule has 2 rings (SSSR count). The van der Waals surface area contributed by atoms with Crippen LogP contribution in [0.4, 0.5) is 0 Å². The van der Waals surface area contributed by atoms with Gasteiger partial charge in [0.15, 0.2) is 0 Å². The topological polar surface area (TPSA) is 51.2 Å². The Bertz CT molecular complexity index is 233. The van der Waals surface area contributed by atoms with E-state index in [9.17, 15) is 0 Å². The van der Waals surface area contributed by atoms with Crippen molar-refractivity contribution in [2.45, 2.75) is 18.4 Å². The molecule has 1 fully saturated rings. The third-order valence-corrected chi connectivity index (χ3v) is 2.44. The van der Waals surface area contributed by atoms with E-state index in [4.69, 9.17) is 10.2 Å². The van der Waals surface area contributed by atoms with Crippen molar-refractivity contribution in [3.05, 3.63) is 24.2 Å². The maximum atomic E-state index is 5.97. The number of hydrogen-bond acceptors (Lipinski definition) is 3. The Hall–Kier alpha value is -0.800. The summed E-state index contributed by atoms with van der Waals surface area (Å²) in [6.07, 6.45) is 2.74. The largest absolute Gasteiger partial charge is 0.469 e. The van der Waals surface area contributed by atoms with Gasteiger partial charge in [-0.1, -0.05) is 0 Å². The van der Waals surface area contributed by atoms with Gasteiger partial charge in [-0.05, 0) is 25.1 Å². The molecule has 1 saturated heterocycles. The van der Waals surface area contributed by atoms with E-state index >= 15 is 0 Å². The minimum atomic E-state index is 0.248. The van der Waals surface area contributed by atoms with Gasteiger partial charge in [-0.15, -0.1) is 0 Å². The molecule has 1 aliphatic heterocycles. The Morgan fingerprint density at radius 3 is 3.17 bits per heavy atom. The van der Waals surface area contributed by atoms with E-state index < -0.39 is 0 Å². The Kier molecular flexibility index (Phi) is 2.15. The summed E-state index contributed by atoms with van der Waals surface area (Å²) in [5.74, 6) is 1.36. The highest BCUT2D eigenvalue weighted by atomic mass is 16.3. The number of furan rings is 1. The third kappa shape index (κ3) is 1.38. The maximum Gasteiger partial charge on any atom is 0.109 e. The van der Waals surface area contributed by atoms with Crippen molar-refractivity contribution in [3.8, 4) is 0 Å². The highest BCUT2D eigenvalue weighted by Crippen LogP contribution is 2.22. The number of rotatable bonds is 1. The van der Waals surface area contributed by atoms with Gasteiger partial charge in [-0.2, -0.15) is 0 Å². The summed E-state index contributed by atoms with van der Waals surface area (Å²) in [7, 11) is 0. The lowest BCUT2D eigenvalue weighted by Crippen LogP contribution is -2.42. The van der Waals surface area contributed by atoms with E-state index in [1.807, 2.05) is 12.1 Å². The molecular weight excluding hydrogens is 152 g/mol. The van der Waals surface area contributed by atoms with Crippen LogP contribution in [-0.4, -0.2) is 19.1 Å². The van der Waals surface area contributed by atoms with E-state index in [2.05, 4.69) is 5.32 Å². The van der Waals surface area contributed by atoms with Crippen LogP contribution < -0.4 is 11.1 Å². The van der Waals surface area contributed by atoms with Crippen molar-refractivity contribution >= 4 is 0 Å². The van der Waals surface area contributed by atoms with Crippen LogP contribution in [0.15, 0.2) is 22.8 Å². The highest BCUT2D eigenvalue weighted by molar-refractivity contribution is 5.10. The zero-order valence-electron chi connectivity index (χ0n) is 6.99. The second-order valence-electron chi connectivity index (χ2n) is 3.28. The predicted octanol–water partition coefficient (Wildman–Crippen LogP) is 0.684. The normalized spacial score (nSPS) is 30.4. The molecule has 0 amide bonds. The van der Waals surface area contributed by atoms with Gasteiger partial charge in [0.25, 0.3) is 0 Å². The van der Waals surface area contributed by atoms with Crippen LogP contribution in [0.5, 0.6) is 0 Å². The molecule has 0 radical (unpaired) electrons. The fraction of sp³-hybridized carbons (Fsp3) is 0.556. The summed E-state index contributed by atoms with van der Waals surface area (Å²) in [5, 5.41) is 3.31. The second kappa shape index (κ2) is 3.29. The van der Waals surface area contributed by atoms with Crippen LogP contribution in [0.3, 0.4) is 0 Å². The predicted molar refractivity (Wildman–Crippen MR) is 46.9 cm³/mol. The SMILES string of the molecule is NC1CCNCC1c1ccco1. The van der Waals surface area contributed by atoms with Crippen LogP contribution >= 0.6 is 0 Å². The molecule has 3 N–H and O–H groups in total. The quantitative estimate of drug-likeness (QED) is 0.645. The average molecular weight is 166 g/mol. The molecule has 3 nitrogen and oxygen atoms in total. The zero-order chi connectivity index (χ0) is 8.39. The standard InChI is InChI=1S/C9H14N2O/c10-8-3-4-11-6-7(8)9-2-1-5-12-9/h1-2,5,7-8,11H,3-4,6,10H2. The first kappa shape index (κ1) is 7.83. The van der Waals surface area contributed by atoms with E-state index in [1.54, 1.807) is 6.26 Å². The molecule has 2 heterocycles. The van der Waals surface area contributed by atoms with Gasteiger partial charge in [0.05, 0.1) is 6.26 Å². The summed E-state index contributed by atoms with van der Waals surface area (Å²) in [6, 6.07) is 4.16. The average Bonchev–Trinajstić information content (AvgIpc) is 2.57. The lowest BCUT2D eigenvalue weighted by molar-refractivity contribution is 0.349. The van der Waals surface area contributed by atoms with Crippen molar-refractivity contribution in [3.63, 3.8) is 0 Å². The highest BCUT2D eigenvalue weighted by Gasteiger charge is 2.24. The Morgan fingerprint density at radius 2 is 2.50 bits per heavy atom. The summed E-state index contributed by atoms with van der Waals surface area (Å²) < 4.78 is 5.32. The van der Waals surface area contributed by atoms with Gasteiger partial charge in [0, 0.05) is 18.5 Å². The van der Waals surface area contributed by atoms with Crippen LogP contribution in [0.1, 0.15) is 18.1 Å². The van der Waals surface area contributed by atoms with Gasteiger partial charge in [-0.3, -0.25) is 0 Å². The fourth-order valence-electron chi connectivity index (χ4n) is 1.69. The molecule has 2 unspecified atom stereocenters. The van der Waals surface area contributed by atoms with Crippen LogP contribution in [-0.2, 0) is 0 Å². The van der Waals surface area contributed by atoms with Crippen LogP contribution in [0, 0.1) is 0 Å². The Labute approximate surface area is 71.9 Å². The van der Waals surface area contributed by atoms with E-state index in [0.29, 0.717) is 5.92 Å². The lowest BCUT2D eigenvalue weighted by atomic mass is 9.92. The second-order valence-corrected chi connectivity index (χ2v) is 3.28. The first-order chi connectivity index (χ1) is 5.88. The molecule has 1 aromatic rings. The van der Waals surface area contributed by atoms with Crippen LogP contribution in [0.2, 0.25) is 0 Å². The summed E-state index contributed by atoms with van der Waals surface area (Å²) >= 11 is 0. The molecule has 0 bridgehead atoms. The van der Waals surface area contributed by atoms with Gasteiger partial charge >= 0.3 is 0 Å². The number of piperidine rings is 1. The van der Waals surface area contributed by atoms with Gasteiger partial charge in [0.1, 0.15) is 5.76 Å². The summed E-state index contributed by atoms with van der Waals surface area (Å²) in [5.41, 5.74) is 5.97. The van der Waals surface area contributed by atoms with E-state index in [0.717, 1.165) is 25.3 Å². The monoisotopic (exact) mass is 166 g/mol. The maximum absolute atomic E-state index is 5.97. The molecule has 0 saturated carbocycles. The fourth-order valence-corrected chi connectivity index (χ4v) is 1.69. The first-order valence-electron chi connectivity index (χ1n) is 4.37. The molecular formula is C9H14N2O. The van der Waals surface area contributed by atoms with Gasteiger partial charge in [0.2, 0.25) is 0 Å². The number of hydrogen-bond donors (Lipinski definition) is 2.